The van der Waals surface area contributed by atoms with Crippen molar-refractivity contribution in [2.75, 3.05) is 0 Å². The molecule has 4 unspecified atom stereocenters. The molecule has 8 nitrogen and oxygen atoms in total. The lowest BCUT2D eigenvalue weighted by molar-refractivity contribution is -0.157. The number of aliphatic carboxylic acids is 3. The topological polar surface area (TPSA) is 149 Å². The van der Waals surface area contributed by atoms with Gasteiger partial charge in [0.2, 0.25) is 0 Å². The molecule has 0 aromatic carbocycles. The van der Waals surface area contributed by atoms with Crippen LogP contribution in [-0.4, -0.2) is 50.2 Å². The summed E-state index contributed by atoms with van der Waals surface area (Å²) in [6.07, 6.45) is 10.6. The number of ketones is 1. The Bertz CT molecular complexity index is 667. The smallest absolute Gasteiger partial charge is 0.318 e. The van der Waals surface area contributed by atoms with Crippen molar-refractivity contribution in [2.24, 2.45) is 23.7 Å². The highest BCUT2D eigenvalue weighted by Crippen LogP contribution is 2.42. The van der Waals surface area contributed by atoms with E-state index in [4.69, 9.17) is 5.11 Å². The predicted molar refractivity (Wildman–Crippen MR) is 113 cm³/mol. The number of aliphatic hydroxyl groups excluding tert-OH is 1. The van der Waals surface area contributed by atoms with Gasteiger partial charge in [-0.15, -0.1) is 0 Å². The molecule has 0 aromatic rings. The fourth-order valence-corrected chi connectivity index (χ4v) is 4.10. The van der Waals surface area contributed by atoms with Gasteiger partial charge in [-0.2, -0.15) is 0 Å². The summed E-state index contributed by atoms with van der Waals surface area (Å²) in [5.74, 6) is -7.77. The van der Waals surface area contributed by atoms with Crippen LogP contribution in [0.3, 0.4) is 0 Å². The average Bonchev–Trinajstić information content (AvgIpc) is 2.97. The van der Waals surface area contributed by atoms with E-state index in [0.717, 1.165) is 19.3 Å². The summed E-state index contributed by atoms with van der Waals surface area (Å²) in [7, 11) is 0. The Hall–Kier alpha value is -2.48. The van der Waals surface area contributed by atoms with Gasteiger partial charge in [0.15, 0.2) is 5.92 Å². The van der Waals surface area contributed by atoms with Crippen LogP contribution < -0.4 is 0 Å². The fourth-order valence-electron chi connectivity index (χ4n) is 4.10. The van der Waals surface area contributed by atoms with Crippen LogP contribution in [0.25, 0.3) is 0 Å². The number of hydrogen-bond donors (Lipinski definition) is 4. The average molecular weight is 439 g/mol. The maximum atomic E-state index is 12.6. The van der Waals surface area contributed by atoms with E-state index in [1.165, 1.54) is 0 Å². The minimum Gasteiger partial charge on any atom is -0.481 e. The molecule has 0 amide bonds. The number of carboxylic acids is 3. The normalized spacial score (nSPS) is 22.5. The van der Waals surface area contributed by atoms with E-state index in [-0.39, 0.29) is 18.6 Å². The van der Waals surface area contributed by atoms with Crippen LogP contribution in [0.4, 0.5) is 0 Å². The Morgan fingerprint density at radius 3 is 2.32 bits per heavy atom. The van der Waals surface area contributed by atoms with Gasteiger partial charge in [0.25, 0.3) is 0 Å². The molecule has 0 bridgehead atoms. The van der Waals surface area contributed by atoms with Gasteiger partial charge in [0.1, 0.15) is 5.78 Å². The Morgan fingerprint density at radius 1 is 1.06 bits per heavy atom. The first-order valence-corrected chi connectivity index (χ1v) is 10.9. The van der Waals surface area contributed by atoms with Gasteiger partial charge in [-0.05, 0) is 37.5 Å². The van der Waals surface area contributed by atoms with E-state index < -0.39 is 47.7 Å². The minimum absolute atomic E-state index is 0.0506. The number of carbonyl (C=O) groups excluding carboxylic acids is 1. The summed E-state index contributed by atoms with van der Waals surface area (Å²) in [4.78, 5) is 46.3. The monoisotopic (exact) mass is 438 g/mol. The number of aliphatic hydroxyl groups is 1. The van der Waals surface area contributed by atoms with Crippen molar-refractivity contribution < 1.29 is 39.6 Å². The van der Waals surface area contributed by atoms with Crippen LogP contribution in [0.5, 0.6) is 0 Å². The van der Waals surface area contributed by atoms with Crippen molar-refractivity contribution in [1.82, 2.24) is 0 Å². The number of unbranched alkanes of at least 4 members (excludes halogenated alkanes) is 3. The Labute approximate surface area is 182 Å². The quantitative estimate of drug-likeness (QED) is 0.173. The van der Waals surface area contributed by atoms with Gasteiger partial charge in [0.05, 0.1) is 6.10 Å². The van der Waals surface area contributed by atoms with Gasteiger partial charge >= 0.3 is 17.9 Å². The molecule has 0 radical (unpaired) electrons. The first-order valence-electron chi connectivity index (χ1n) is 10.9. The molecule has 0 spiro atoms. The van der Waals surface area contributed by atoms with E-state index in [1.807, 2.05) is 0 Å². The number of rotatable bonds is 15. The largest absolute Gasteiger partial charge is 0.481 e. The van der Waals surface area contributed by atoms with Gasteiger partial charge in [0, 0.05) is 18.8 Å². The number of allylic oxidation sites excluding steroid dienone is 3. The molecule has 31 heavy (non-hydrogen) atoms. The molecule has 8 heteroatoms. The summed E-state index contributed by atoms with van der Waals surface area (Å²) in [6, 6.07) is 0. The molecule has 1 rings (SSSR count). The molecule has 0 saturated heterocycles. The highest BCUT2D eigenvalue weighted by molar-refractivity contribution is 5.95. The van der Waals surface area contributed by atoms with Gasteiger partial charge < -0.3 is 20.4 Å². The van der Waals surface area contributed by atoms with E-state index in [0.29, 0.717) is 25.7 Å². The molecule has 1 saturated carbocycles. The third kappa shape index (κ3) is 9.04. The highest BCUT2D eigenvalue weighted by Gasteiger charge is 2.48. The van der Waals surface area contributed by atoms with Gasteiger partial charge in [-0.3, -0.25) is 19.2 Å². The van der Waals surface area contributed by atoms with Crippen LogP contribution in [-0.2, 0) is 19.2 Å². The first-order chi connectivity index (χ1) is 14.7. The summed E-state index contributed by atoms with van der Waals surface area (Å²) in [5, 5.41) is 37.7. The molecular formula is C23H34O8. The van der Waals surface area contributed by atoms with Gasteiger partial charge in [-0.1, -0.05) is 50.5 Å². The zero-order chi connectivity index (χ0) is 23.4. The van der Waals surface area contributed by atoms with E-state index in [1.54, 1.807) is 24.3 Å². The minimum atomic E-state index is -1.69. The zero-order valence-electron chi connectivity index (χ0n) is 18.0. The molecule has 1 fully saturated rings. The van der Waals surface area contributed by atoms with E-state index in [9.17, 15) is 34.5 Å². The molecule has 1 aliphatic carbocycles. The highest BCUT2D eigenvalue weighted by atomic mass is 16.4. The maximum absolute atomic E-state index is 12.6. The molecule has 0 heterocycles. The standard InChI is InChI=1S/C23H34O8/c1-2-3-6-9-15(24)12-13-16-17(10-7-4-5-8-11-20(26)27)19(25)14-18(16)21(22(28)29)23(30)31/h4,7,12-13,15-18,21,24H,2-3,5-6,8-11,14H2,1H3,(H,26,27)(H,28,29)(H,30,31). The van der Waals surface area contributed by atoms with Crippen LogP contribution in [0, 0.1) is 23.7 Å². The Kier molecular flexibility index (Phi) is 11.8. The molecule has 174 valence electrons. The van der Waals surface area contributed by atoms with Crippen molar-refractivity contribution in [3.8, 4) is 0 Å². The first kappa shape index (κ1) is 26.6. The zero-order valence-corrected chi connectivity index (χ0v) is 18.0. The van der Waals surface area contributed by atoms with Crippen LogP contribution >= 0.6 is 0 Å². The molecular weight excluding hydrogens is 404 g/mol. The van der Waals surface area contributed by atoms with Crippen LogP contribution in [0.2, 0.25) is 0 Å². The third-order valence-corrected chi connectivity index (χ3v) is 5.75. The number of carboxylic acid groups (broad SMARTS) is 3. The van der Waals surface area contributed by atoms with Gasteiger partial charge in [-0.25, -0.2) is 0 Å². The second-order valence-corrected chi connectivity index (χ2v) is 8.11. The second-order valence-electron chi connectivity index (χ2n) is 8.11. The van der Waals surface area contributed by atoms with Crippen LogP contribution in [0.15, 0.2) is 24.3 Å². The molecule has 4 N–H and O–H groups in total. The van der Waals surface area contributed by atoms with E-state index >= 15 is 0 Å². The SMILES string of the molecule is CCCCCC(O)C=CC1C(CC=CCCCC(=O)O)C(=O)CC1C(C(=O)O)C(=O)O. The van der Waals surface area contributed by atoms with Crippen molar-refractivity contribution in [3.63, 3.8) is 0 Å². The predicted octanol–water partition coefficient (Wildman–Crippen LogP) is 3.29. The summed E-state index contributed by atoms with van der Waals surface area (Å²) in [6.45, 7) is 2.05. The second kappa shape index (κ2) is 13.7. The lowest BCUT2D eigenvalue weighted by atomic mass is 9.79. The van der Waals surface area contributed by atoms with Crippen molar-refractivity contribution in [2.45, 2.75) is 70.8 Å². The summed E-state index contributed by atoms with van der Waals surface area (Å²) in [5.41, 5.74) is 0. The summed E-state index contributed by atoms with van der Waals surface area (Å²) >= 11 is 0. The maximum Gasteiger partial charge on any atom is 0.318 e. The molecule has 4 atom stereocenters. The Morgan fingerprint density at radius 2 is 1.74 bits per heavy atom. The fraction of sp³-hybridized carbons (Fsp3) is 0.652. The molecule has 0 aliphatic heterocycles. The number of hydrogen-bond acceptors (Lipinski definition) is 5. The number of Topliss-reactive ketones (excluding diaryl/α,β-unsaturated/α-hetero) is 1. The lowest BCUT2D eigenvalue weighted by Gasteiger charge is -2.23. The Balaban J connectivity index is 2.94. The van der Waals surface area contributed by atoms with Crippen LogP contribution in [0.1, 0.15) is 64.7 Å². The summed E-state index contributed by atoms with van der Waals surface area (Å²) < 4.78 is 0. The van der Waals surface area contributed by atoms with Crippen molar-refractivity contribution in [3.05, 3.63) is 24.3 Å². The van der Waals surface area contributed by atoms with Crippen molar-refractivity contribution in [1.29, 1.82) is 0 Å². The molecule has 1 aliphatic rings. The number of carbonyl (C=O) groups is 4. The third-order valence-electron chi connectivity index (χ3n) is 5.75. The van der Waals surface area contributed by atoms with Crippen molar-refractivity contribution >= 4 is 23.7 Å². The van der Waals surface area contributed by atoms with E-state index in [2.05, 4.69) is 6.92 Å². The lowest BCUT2D eigenvalue weighted by Crippen LogP contribution is -2.33. The molecule has 0 aromatic heterocycles.